The molecule has 0 amide bonds. The number of hydrogen-bond acceptors (Lipinski definition) is 1. The fourth-order valence-electron chi connectivity index (χ4n) is 2.93. The van der Waals surface area contributed by atoms with Crippen LogP contribution in [0.5, 0.6) is 11.5 Å². The monoisotopic (exact) mass is 398 g/mol. The molecule has 0 fully saturated rings. The summed E-state index contributed by atoms with van der Waals surface area (Å²) in [6, 6.07) is 21.8. The number of rotatable bonds is 6. The lowest BCUT2D eigenvalue weighted by Crippen LogP contribution is -2.43. The number of ether oxygens (including phenoxy) is 1. The van der Waals surface area contributed by atoms with Gasteiger partial charge in [0.25, 0.3) is 0 Å². The molecule has 0 bridgehead atoms. The van der Waals surface area contributed by atoms with E-state index in [1.807, 2.05) is 30.3 Å². The van der Waals surface area contributed by atoms with E-state index in [-0.39, 0.29) is 6.42 Å². The molecule has 3 aromatic rings. The summed E-state index contributed by atoms with van der Waals surface area (Å²) in [6.07, 6.45) is -0.157. The Morgan fingerprint density at radius 2 is 1.46 bits per heavy atom. The molecule has 0 aromatic heterocycles. The fourth-order valence-corrected chi connectivity index (χ4v) is 4.95. The molecule has 0 spiro atoms. The van der Waals surface area contributed by atoms with E-state index in [0.717, 1.165) is 0 Å². The van der Waals surface area contributed by atoms with Gasteiger partial charge in [0.05, 0.1) is 0 Å². The Kier molecular flexibility index (Phi) is 6.04. The minimum absolute atomic E-state index is 0.157. The van der Waals surface area contributed by atoms with Gasteiger partial charge in [0, 0.05) is 6.42 Å². The number of para-hydroxylation sites is 1. The highest BCUT2D eigenvalue weighted by Gasteiger charge is 2.32. The van der Waals surface area contributed by atoms with Crippen LogP contribution >= 0.6 is 0 Å². The van der Waals surface area contributed by atoms with Gasteiger partial charge in [-0.05, 0) is 42.0 Å². The third-order valence-electron chi connectivity index (χ3n) is 4.59. The first-order valence-corrected chi connectivity index (χ1v) is 12.0. The van der Waals surface area contributed by atoms with Crippen LogP contribution in [0.1, 0.15) is 5.56 Å². The normalized spacial score (nSPS) is 12.5. The summed E-state index contributed by atoms with van der Waals surface area (Å²) >= 11 is 0. The Bertz CT molecular complexity index is 967. The molecule has 0 aliphatic carbocycles. The highest BCUT2D eigenvalue weighted by Crippen LogP contribution is 2.27. The average Bonchev–Trinajstić information content (AvgIpc) is 2.68. The Balaban J connectivity index is 1.80. The average molecular weight is 399 g/mol. The van der Waals surface area contributed by atoms with Crippen molar-refractivity contribution in [2.24, 2.45) is 0 Å². The predicted octanol–water partition coefficient (Wildman–Crippen LogP) is 6.47. The van der Waals surface area contributed by atoms with E-state index in [2.05, 4.69) is 0 Å². The number of halogens is 3. The summed E-state index contributed by atoms with van der Waals surface area (Å²) in [7, 11) is -2.86. The van der Waals surface area contributed by atoms with E-state index < -0.39 is 25.2 Å². The van der Waals surface area contributed by atoms with Gasteiger partial charge in [-0.3, -0.25) is 0 Å². The van der Waals surface area contributed by atoms with Crippen molar-refractivity contribution in [2.45, 2.75) is 19.5 Å². The summed E-state index contributed by atoms with van der Waals surface area (Å²) in [5.74, 6) is 0.0464. The predicted molar refractivity (Wildman–Crippen MR) is 109 cm³/mol. The highest BCUT2D eigenvalue weighted by molar-refractivity contribution is 6.95. The van der Waals surface area contributed by atoms with E-state index in [4.69, 9.17) is 4.74 Å². The summed E-state index contributed by atoms with van der Waals surface area (Å²) in [5.41, 5.74) is -0.113. The van der Waals surface area contributed by atoms with Gasteiger partial charge >= 0.3 is 0 Å². The Morgan fingerprint density at radius 3 is 2.14 bits per heavy atom. The van der Waals surface area contributed by atoms with Crippen LogP contribution < -0.4 is 9.92 Å². The van der Waals surface area contributed by atoms with Crippen molar-refractivity contribution in [3.63, 3.8) is 0 Å². The quantitative estimate of drug-likeness (QED) is 0.433. The molecule has 0 aliphatic heterocycles. The van der Waals surface area contributed by atoms with Gasteiger partial charge in [-0.15, -0.1) is 0 Å². The molecule has 28 heavy (non-hydrogen) atoms. The second-order valence-corrected chi connectivity index (χ2v) is 11.4. The van der Waals surface area contributed by atoms with Crippen LogP contribution in [-0.2, 0) is 6.42 Å². The van der Waals surface area contributed by atoms with Gasteiger partial charge < -0.3 is 4.74 Å². The SMILES string of the molecule is C[Si](C)(/C(F)=C(\F)Cc1cccc(Oc2ccccc2)c1)c1ccc(F)cc1. The molecule has 5 heteroatoms. The Morgan fingerprint density at radius 1 is 0.821 bits per heavy atom. The summed E-state index contributed by atoms with van der Waals surface area (Å²) in [6.45, 7) is 3.42. The summed E-state index contributed by atoms with van der Waals surface area (Å²) < 4.78 is 48.6. The van der Waals surface area contributed by atoms with E-state index >= 15 is 0 Å². The highest BCUT2D eigenvalue weighted by atomic mass is 28.3. The van der Waals surface area contributed by atoms with E-state index in [0.29, 0.717) is 22.2 Å². The van der Waals surface area contributed by atoms with Gasteiger partial charge in [-0.25, -0.2) is 13.2 Å². The molecule has 3 rings (SSSR count). The van der Waals surface area contributed by atoms with E-state index in [9.17, 15) is 13.2 Å². The molecule has 144 valence electrons. The van der Waals surface area contributed by atoms with Crippen LogP contribution in [0, 0.1) is 5.82 Å². The lowest BCUT2D eigenvalue weighted by Gasteiger charge is -2.21. The summed E-state index contributed by atoms with van der Waals surface area (Å²) in [4.78, 5) is 0. The maximum Gasteiger partial charge on any atom is 0.151 e. The molecular formula is C23H21F3OSi. The maximum absolute atomic E-state index is 14.9. The maximum atomic E-state index is 14.9. The molecule has 0 N–H and O–H groups in total. The zero-order valence-electron chi connectivity index (χ0n) is 15.8. The standard InChI is InChI=1S/C23H21F3OSi/c1-28(2,21-13-11-18(24)12-14-21)23(26)22(25)16-17-7-6-10-20(15-17)27-19-8-4-3-5-9-19/h3-15H,16H2,1-2H3/b23-22-. The Labute approximate surface area is 164 Å². The van der Waals surface area contributed by atoms with Crippen LogP contribution in [0.2, 0.25) is 13.1 Å². The van der Waals surface area contributed by atoms with Crippen LogP contribution in [0.25, 0.3) is 0 Å². The molecule has 0 heterocycles. The smallest absolute Gasteiger partial charge is 0.151 e. The number of benzene rings is 3. The van der Waals surface area contributed by atoms with Gasteiger partial charge in [0.2, 0.25) is 0 Å². The van der Waals surface area contributed by atoms with Crippen molar-refractivity contribution in [1.82, 2.24) is 0 Å². The van der Waals surface area contributed by atoms with Crippen LogP contribution in [0.15, 0.2) is 90.1 Å². The third kappa shape index (κ3) is 4.73. The van der Waals surface area contributed by atoms with Crippen LogP contribution in [0.4, 0.5) is 13.2 Å². The van der Waals surface area contributed by atoms with Crippen molar-refractivity contribution < 1.29 is 17.9 Å². The number of allylic oxidation sites excluding steroid dienone is 1. The van der Waals surface area contributed by atoms with Crippen molar-refractivity contribution >= 4 is 13.3 Å². The molecule has 0 saturated carbocycles. The molecular weight excluding hydrogens is 377 g/mol. The van der Waals surface area contributed by atoms with E-state index in [1.165, 1.54) is 24.3 Å². The van der Waals surface area contributed by atoms with Crippen molar-refractivity contribution in [1.29, 1.82) is 0 Å². The van der Waals surface area contributed by atoms with Gasteiger partial charge in [0.1, 0.15) is 28.6 Å². The minimum atomic E-state index is -2.86. The lowest BCUT2D eigenvalue weighted by atomic mass is 10.1. The van der Waals surface area contributed by atoms with Gasteiger partial charge in [-0.2, -0.15) is 0 Å². The second-order valence-electron chi connectivity index (χ2n) is 7.09. The molecule has 0 radical (unpaired) electrons. The first kappa shape index (κ1) is 20.0. The molecule has 3 aromatic carbocycles. The number of hydrogen-bond donors (Lipinski definition) is 0. The van der Waals surface area contributed by atoms with Crippen LogP contribution in [-0.4, -0.2) is 8.07 Å². The zero-order chi connectivity index (χ0) is 20.1. The molecule has 0 unspecified atom stereocenters. The first-order chi connectivity index (χ1) is 13.4. The fraction of sp³-hybridized carbons (Fsp3) is 0.130. The van der Waals surface area contributed by atoms with Crippen LogP contribution in [0.3, 0.4) is 0 Å². The van der Waals surface area contributed by atoms with Crippen molar-refractivity contribution in [3.05, 3.63) is 102 Å². The van der Waals surface area contributed by atoms with Crippen molar-refractivity contribution in [3.8, 4) is 11.5 Å². The second kappa shape index (κ2) is 8.48. The zero-order valence-corrected chi connectivity index (χ0v) is 16.8. The van der Waals surface area contributed by atoms with Gasteiger partial charge in [-0.1, -0.05) is 60.7 Å². The van der Waals surface area contributed by atoms with E-state index in [1.54, 1.807) is 37.4 Å². The largest absolute Gasteiger partial charge is 0.457 e. The third-order valence-corrected chi connectivity index (χ3v) is 7.73. The molecule has 0 saturated heterocycles. The molecule has 0 aliphatic rings. The topological polar surface area (TPSA) is 9.23 Å². The molecule has 1 nitrogen and oxygen atoms in total. The lowest BCUT2D eigenvalue weighted by molar-refractivity contribution is 0.481. The Hall–Kier alpha value is -2.79. The minimum Gasteiger partial charge on any atom is -0.457 e. The first-order valence-electron chi connectivity index (χ1n) is 8.99. The molecule has 0 atom stereocenters. The summed E-state index contributed by atoms with van der Waals surface area (Å²) in [5, 5.41) is 0.641. The van der Waals surface area contributed by atoms with Crippen molar-refractivity contribution in [2.75, 3.05) is 0 Å². The van der Waals surface area contributed by atoms with Gasteiger partial charge in [0.15, 0.2) is 8.07 Å².